The van der Waals surface area contributed by atoms with Crippen LogP contribution in [-0.4, -0.2) is 55.4 Å². The van der Waals surface area contributed by atoms with Crippen LogP contribution in [0.4, 0.5) is 10.3 Å². The molecule has 1 aliphatic rings. The number of nitrogens with one attached hydrogen (secondary N) is 1. The lowest BCUT2D eigenvalue weighted by molar-refractivity contribution is 0.237. The predicted molar refractivity (Wildman–Crippen MR) is 107 cm³/mol. The van der Waals surface area contributed by atoms with Gasteiger partial charge in [-0.05, 0) is 50.2 Å². The molecule has 2 aromatic heterocycles. The summed E-state index contributed by atoms with van der Waals surface area (Å²) in [6.45, 7) is 3.66. The van der Waals surface area contributed by atoms with Gasteiger partial charge in [0.05, 0.1) is 5.69 Å². The first-order valence-corrected chi connectivity index (χ1v) is 9.63. The van der Waals surface area contributed by atoms with Gasteiger partial charge in [-0.15, -0.1) is 10.2 Å². The predicted octanol–water partition coefficient (Wildman–Crippen LogP) is 0.911. The molecular formula is C19H22FN7O2. The Hall–Kier alpha value is -3.14. The van der Waals surface area contributed by atoms with E-state index < -0.39 is 17.1 Å². The maximum Gasteiger partial charge on any atom is 0.337 e. The van der Waals surface area contributed by atoms with Crippen molar-refractivity contribution in [3.05, 3.63) is 50.9 Å². The third-order valence-electron chi connectivity index (χ3n) is 5.11. The number of rotatable bonds is 5. The van der Waals surface area contributed by atoms with Crippen molar-refractivity contribution in [1.29, 1.82) is 0 Å². The summed E-state index contributed by atoms with van der Waals surface area (Å²) in [7, 11) is 1.37. The largest absolute Gasteiger partial charge is 0.352 e. The number of halogens is 1. The smallest absolute Gasteiger partial charge is 0.337 e. The molecule has 0 aliphatic carbocycles. The number of hydrogen-bond donors (Lipinski definition) is 1. The Morgan fingerprint density at radius 2 is 1.79 bits per heavy atom. The van der Waals surface area contributed by atoms with Crippen molar-refractivity contribution in [2.24, 2.45) is 7.05 Å². The molecular weight excluding hydrogens is 377 g/mol. The minimum absolute atomic E-state index is 0.0203. The molecule has 3 aromatic rings. The molecule has 1 aromatic carbocycles. The lowest BCUT2D eigenvalue weighted by Crippen LogP contribution is -2.38. The van der Waals surface area contributed by atoms with Gasteiger partial charge in [-0.3, -0.25) is 9.36 Å². The SMILES string of the molecule is Cn1c(=O)c2nc(NCCN3CCCCC3)nnc2n(-c2ccc(F)cc2)c1=O. The lowest BCUT2D eigenvalue weighted by atomic mass is 10.1. The normalized spacial score (nSPS) is 15.0. The van der Waals surface area contributed by atoms with Crippen LogP contribution in [0.5, 0.6) is 0 Å². The molecule has 0 saturated carbocycles. The Labute approximate surface area is 165 Å². The van der Waals surface area contributed by atoms with Crippen LogP contribution < -0.4 is 16.6 Å². The highest BCUT2D eigenvalue weighted by Gasteiger charge is 2.17. The lowest BCUT2D eigenvalue weighted by Gasteiger charge is -2.26. The maximum absolute atomic E-state index is 13.3. The first kappa shape index (κ1) is 19.2. The summed E-state index contributed by atoms with van der Waals surface area (Å²) >= 11 is 0. The second kappa shape index (κ2) is 8.08. The highest BCUT2D eigenvalue weighted by molar-refractivity contribution is 5.71. The van der Waals surface area contributed by atoms with Crippen molar-refractivity contribution in [1.82, 2.24) is 29.2 Å². The van der Waals surface area contributed by atoms with E-state index in [-0.39, 0.29) is 17.1 Å². The minimum atomic E-state index is -0.601. The van der Waals surface area contributed by atoms with Gasteiger partial charge in [0.1, 0.15) is 5.82 Å². The van der Waals surface area contributed by atoms with Gasteiger partial charge in [0.25, 0.3) is 5.56 Å². The summed E-state index contributed by atoms with van der Waals surface area (Å²) in [5.74, 6) is -0.198. The molecule has 0 amide bonds. The number of benzene rings is 1. The molecule has 152 valence electrons. The highest BCUT2D eigenvalue weighted by Crippen LogP contribution is 2.12. The van der Waals surface area contributed by atoms with Gasteiger partial charge in [0, 0.05) is 20.1 Å². The van der Waals surface area contributed by atoms with E-state index in [1.54, 1.807) is 0 Å². The number of likely N-dealkylation sites (tertiary alicyclic amines) is 1. The highest BCUT2D eigenvalue weighted by atomic mass is 19.1. The minimum Gasteiger partial charge on any atom is -0.352 e. The zero-order valence-electron chi connectivity index (χ0n) is 16.1. The molecule has 1 fully saturated rings. The van der Waals surface area contributed by atoms with Gasteiger partial charge < -0.3 is 10.2 Å². The van der Waals surface area contributed by atoms with Crippen molar-refractivity contribution in [3.8, 4) is 5.69 Å². The molecule has 3 heterocycles. The fraction of sp³-hybridized carbons (Fsp3) is 0.421. The average Bonchev–Trinajstić information content (AvgIpc) is 2.75. The summed E-state index contributed by atoms with van der Waals surface area (Å²) < 4.78 is 15.4. The van der Waals surface area contributed by atoms with E-state index in [4.69, 9.17) is 0 Å². The zero-order valence-corrected chi connectivity index (χ0v) is 16.1. The van der Waals surface area contributed by atoms with Crippen molar-refractivity contribution >= 4 is 17.1 Å². The number of aromatic nitrogens is 5. The van der Waals surface area contributed by atoms with E-state index in [1.165, 1.54) is 55.1 Å². The topological polar surface area (TPSA) is 97.9 Å². The summed E-state index contributed by atoms with van der Waals surface area (Å²) in [5.41, 5.74) is -0.731. The first-order valence-electron chi connectivity index (χ1n) is 9.63. The molecule has 10 heteroatoms. The Bertz CT molecular complexity index is 1130. The second-order valence-electron chi connectivity index (χ2n) is 7.10. The summed E-state index contributed by atoms with van der Waals surface area (Å²) in [6.07, 6.45) is 3.71. The number of nitrogens with zero attached hydrogens (tertiary/aromatic N) is 6. The van der Waals surface area contributed by atoms with Crippen LogP contribution in [0.1, 0.15) is 19.3 Å². The van der Waals surface area contributed by atoms with Crippen molar-refractivity contribution in [2.75, 3.05) is 31.5 Å². The molecule has 4 rings (SSSR count). The molecule has 9 nitrogen and oxygen atoms in total. The van der Waals surface area contributed by atoms with Gasteiger partial charge in [-0.25, -0.2) is 18.7 Å². The van der Waals surface area contributed by atoms with Crippen molar-refractivity contribution in [2.45, 2.75) is 19.3 Å². The molecule has 0 bridgehead atoms. The van der Waals surface area contributed by atoms with Crippen LogP contribution in [0.15, 0.2) is 33.9 Å². The summed E-state index contributed by atoms with van der Waals surface area (Å²) in [6, 6.07) is 5.34. The molecule has 1 aliphatic heterocycles. The van der Waals surface area contributed by atoms with E-state index in [2.05, 4.69) is 25.4 Å². The number of anilines is 1. The number of fused-ring (bicyclic) bond motifs is 1. The Kier molecular flexibility index (Phi) is 5.34. The fourth-order valence-electron chi connectivity index (χ4n) is 3.51. The Morgan fingerprint density at radius 1 is 1.07 bits per heavy atom. The summed E-state index contributed by atoms with van der Waals surface area (Å²) in [4.78, 5) is 31.9. The van der Waals surface area contributed by atoms with Crippen LogP contribution in [0.3, 0.4) is 0 Å². The summed E-state index contributed by atoms with van der Waals surface area (Å²) in [5, 5.41) is 11.2. The van der Waals surface area contributed by atoms with Crippen LogP contribution in [0.25, 0.3) is 16.9 Å². The monoisotopic (exact) mass is 399 g/mol. The van der Waals surface area contributed by atoms with Gasteiger partial charge in [-0.2, -0.15) is 0 Å². The Morgan fingerprint density at radius 3 is 2.52 bits per heavy atom. The van der Waals surface area contributed by atoms with Crippen LogP contribution >= 0.6 is 0 Å². The Balaban J connectivity index is 1.66. The van der Waals surface area contributed by atoms with Gasteiger partial charge in [0.2, 0.25) is 5.95 Å². The second-order valence-corrected chi connectivity index (χ2v) is 7.10. The maximum atomic E-state index is 13.3. The van der Waals surface area contributed by atoms with E-state index in [9.17, 15) is 14.0 Å². The quantitative estimate of drug-likeness (QED) is 0.681. The van der Waals surface area contributed by atoms with Crippen molar-refractivity contribution < 1.29 is 4.39 Å². The molecule has 0 spiro atoms. The molecule has 1 saturated heterocycles. The molecule has 0 unspecified atom stereocenters. The third-order valence-corrected chi connectivity index (χ3v) is 5.11. The van der Waals surface area contributed by atoms with Crippen LogP contribution in [-0.2, 0) is 7.05 Å². The van der Waals surface area contributed by atoms with Crippen LogP contribution in [0, 0.1) is 5.82 Å². The molecule has 1 N–H and O–H groups in total. The zero-order chi connectivity index (χ0) is 20.4. The van der Waals surface area contributed by atoms with E-state index in [0.29, 0.717) is 12.2 Å². The van der Waals surface area contributed by atoms with Crippen LogP contribution in [0.2, 0.25) is 0 Å². The molecule has 0 radical (unpaired) electrons. The third kappa shape index (κ3) is 3.88. The van der Waals surface area contributed by atoms with Crippen molar-refractivity contribution in [3.63, 3.8) is 0 Å². The van der Waals surface area contributed by atoms with E-state index >= 15 is 0 Å². The van der Waals surface area contributed by atoms with E-state index in [0.717, 1.165) is 24.2 Å². The van der Waals surface area contributed by atoms with E-state index in [1.807, 2.05) is 0 Å². The first-order chi connectivity index (χ1) is 14.0. The van der Waals surface area contributed by atoms with Gasteiger partial charge in [-0.1, -0.05) is 6.42 Å². The molecule has 0 atom stereocenters. The fourth-order valence-corrected chi connectivity index (χ4v) is 3.51. The standard InChI is InChI=1S/C19H22FN7O2/c1-25-17(28)15-16(27(19(25)29)14-7-5-13(20)6-8-14)23-24-18(22-15)21-9-12-26-10-3-2-4-11-26/h5-8H,2-4,9-12H2,1H3,(H,21,22,24). The van der Waals surface area contributed by atoms with Gasteiger partial charge in [0.15, 0.2) is 11.2 Å². The van der Waals surface area contributed by atoms with Gasteiger partial charge >= 0.3 is 5.69 Å². The number of hydrogen-bond acceptors (Lipinski definition) is 7. The number of piperidine rings is 1. The molecule has 29 heavy (non-hydrogen) atoms. The average molecular weight is 399 g/mol.